The maximum Gasteiger partial charge on any atom is 0.434 e. The lowest BCUT2D eigenvalue weighted by atomic mass is 10.4. The van der Waals surface area contributed by atoms with Crippen molar-refractivity contribution in [2.75, 3.05) is 26.7 Å². The normalized spacial score (nSPS) is 17.6. The molecule has 0 saturated carbocycles. The van der Waals surface area contributed by atoms with Gasteiger partial charge in [0.05, 0.1) is 13.1 Å². The smallest absolute Gasteiger partial charge is 0.434 e. The molecule has 0 spiro atoms. The average molecular weight is 225 g/mol. The van der Waals surface area contributed by atoms with E-state index < -0.39 is 12.0 Å². The Bertz CT molecular complexity index is 358. The average Bonchev–Trinajstić information content (AvgIpc) is 2.28. The predicted molar refractivity (Wildman–Crippen MR) is 54.3 cm³/mol. The number of oxime groups is 1. The van der Waals surface area contributed by atoms with Crippen LogP contribution in [0.2, 0.25) is 0 Å². The number of nitrogens with one attached hydrogen (secondary N) is 1. The van der Waals surface area contributed by atoms with Gasteiger partial charge in [0.1, 0.15) is 6.61 Å². The van der Waals surface area contributed by atoms with Gasteiger partial charge in [-0.15, -0.1) is 6.42 Å². The number of nitrogens with zero attached hydrogens (tertiary/aromatic N) is 2. The molecule has 1 fully saturated rings. The summed E-state index contributed by atoms with van der Waals surface area (Å²) >= 11 is 0. The van der Waals surface area contributed by atoms with Crippen LogP contribution in [0.25, 0.3) is 0 Å². The van der Waals surface area contributed by atoms with E-state index in [-0.39, 0.29) is 12.4 Å². The maximum absolute atomic E-state index is 11.4. The number of rotatable bonds is 2. The molecule has 0 aromatic carbocycles. The highest BCUT2D eigenvalue weighted by molar-refractivity contribution is 6.35. The van der Waals surface area contributed by atoms with Crippen LogP contribution in [-0.2, 0) is 14.4 Å². The molecule has 0 radical (unpaired) electrons. The third kappa shape index (κ3) is 3.16. The fraction of sp³-hybridized carbons (Fsp3) is 0.444. The fourth-order valence-electron chi connectivity index (χ4n) is 0.910. The second-order valence-electron chi connectivity index (χ2n) is 2.91. The molecule has 1 rings (SSSR count). The molecule has 1 N–H and O–H groups in total. The van der Waals surface area contributed by atoms with Crippen LogP contribution >= 0.6 is 0 Å². The molecule has 1 heterocycles. The minimum absolute atomic E-state index is 0.0262. The summed E-state index contributed by atoms with van der Waals surface area (Å²) in [6.45, 7) is 0.815. The van der Waals surface area contributed by atoms with Crippen molar-refractivity contribution < 1.29 is 19.2 Å². The van der Waals surface area contributed by atoms with Crippen molar-refractivity contribution in [3.63, 3.8) is 0 Å². The summed E-state index contributed by atoms with van der Waals surface area (Å²) in [5.41, 5.74) is 0. The Labute approximate surface area is 92.4 Å². The van der Waals surface area contributed by atoms with Gasteiger partial charge in [0.15, 0.2) is 0 Å². The quantitative estimate of drug-likeness (QED) is 0.377. The zero-order chi connectivity index (χ0) is 12.0. The molecule has 86 valence electrons. The van der Waals surface area contributed by atoms with Gasteiger partial charge < -0.3 is 15.0 Å². The molecule has 0 bridgehead atoms. The van der Waals surface area contributed by atoms with E-state index >= 15 is 0 Å². The first-order valence-electron chi connectivity index (χ1n) is 4.49. The zero-order valence-corrected chi connectivity index (χ0v) is 8.73. The van der Waals surface area contributed by atoms with Gasteiger partial charge in [-0.05, 0) is 5.16 Å². The van der Waals surface area contributed by atoms with E-state index in [1.807, 2.05) is 0 Å². The topological polar surface area (TPSA) is 80.2 Å². The molecular weight excluding hydrogens is 214 g/mol. The Morgan fingerprint density at radius 1 is 1.81 bits per heavy atom. The number of carbonyl (C=O) groups is 2. The Morgan fingerprint density at radius 2 is 2.56 bits per heavy atom. The van der Waals surface area contributed by atoms with Gasteiger partial charge in [0, 0.05) is 7.05 Å². The second kappa shape index (κ2) is 5.60. The maximum atomic E-state index is 11.4. The Kier molecular flexibility index (Phi) is 4.15. The Balaban J connectivity index is 2.47. The molecule has 0 aromatic rings. The largest absolute Gasteiger partial charge is 0.470 e. The molecule has 0 aromatic heterocycles. The number of amides is 2. The van der Waals surface area contributed by atoms with Gasteiger partial charge in [0.2, 0.25) is 0 Å². The lowest BCUT2D eigenvalue weighted by molar-refractivity contribution is -0.127. The van der Waals surface area contributed by atoms with Crippen molar-refractivity contribution in [3.05, 3.63) is 0 Å². The number of hydrogen-bond acceptors (Lipinski definition) is 5. The number of morpholine rings is 1. The lowest BCUT2D eigenvalue weighted by Crippen LogP contribution is -2.42. The molecule has 7 heteroatoms. The summed E-state index contributed by atoms with van der Waals surface area (Å²) in [5, 5.41) is 5.50. The monoisotopic (exact) mass is 225 g/mol. The predicted octanol–water partition coefficient (Wildman–Crippen LogP) is -0.852. The lowest BCUT2D eigenvalue weighted by Gasteiger charge is -2.22. The Morgan fingerprint density at radius 3 is 3.25 bits per heavy atom. The van der Waals surface area contributed by atoms with E-state index in [2.05, 4.69) is 21.2 Å². The van der Waals surface area contributed by atoms with Gasteiger partial charge in [-0.2, -0.15) is 0 Å². The molecule has 2 amide bonds. The van der Waals surface area contributed by atoms with Crippen LogP contribution < -0.4 is 5.32 Å². The molecule has 0 aliphatic carbocycles. The summed E-state index contributed by atoms with van der Waals surface area (Å²) in [6, 6.07) is 0. The van der Waals surface area contributed by atoms with E-state index in [0.29, 0.717) is 13.2 Å². The third-order valence-corrected chi connectivity index (χ3v) is 1.74. The molecule has 7 nitrogen and oxygen atoms in total. The number of hydrogen-bond donors (Lipinski definition) is 1. The van der Waals surface area contributed by atoms with Crippen LogP contribution in [0.4, 0.5) is 4.79 Å². The van der Waals surface area contributed by atoms with E-state index in [4.69, 9.17) is 11.2 Å². The molecule has 1 aliphatic heterocycles. The first-order chi connectivity index (χ1) is 7.65. The van der Waals surface area contributed by atoms with Crippen LogP contribution in [0, 0.1) is 12.3 Å². The van der Waals surface area contributed by atoms with Crippen molar-refractivity contribution >= 4 is 17.9 Å². The van der Waals surface area contributed by atoms with Crippen molar-refractivity contribution in [3.8, 4) is 12.3 Å². The number of likely N-dealkylation sites (N-methyl/N-ethyl adjacent to an activating group) is 1. The molecule has 0 atom stereocenters. The van der Waals surface area contributed by atoms with Gasteiger partial charge in [-0.25, -0.2) is 4.79 Å². The summed E-state index contributed by atoms with van der Waals surface area (Å²) < 4.78 is 4.93. The summed E-state index contributed by atoms with van der Waals surface area (Å²) in [7, 11) is 1.60. The van der Waals surface area contributed by atoms with Crippen molar-refractivity contribution in [1.29, 1.82) is 0 Å². The molecule has 16 heavy (non-hydrogen) atoms. The zero-order valence-electron chi connectivity index (χ0n) is 8.73. The van der Waals surface area contributed by atoms with Crippen LogP contribution in [0.1, 0.15) is 0 Å². The molecular formula is C9H11N3O4. The van der Waals surface area contributed by atoms with Crippen molar-refractivity contribution in [2.24, 2.45) is 5.16 Å². The number of terminal acetylenes is 1. The van der Waals surface area contributed by atoms with Crippen molar-refractivity contribution in [1.82, 2.24) is 10.2 Å². The van der Waals surface area contributed by atoms with Crippen LogP contribution in [0.15, 0.2) is 5.16 Å². The SMILES string of the molecule is C#CCNC(=O)ON=C1OCCN(C)C1=O. The standard InChI is InChI=1S/C9H11N3O4/c1-3-4-10-9(14)16-11-7-8(13)12(2)5-6-15-7/h1H,4-6H2,2H3,(H,10,14). The van der Waals surface area contributed by atoms with Gasteiger partial charge in [-0.3, -0.25) is 9.63 Å². The highest BCUT2D eigenvalue weighted by atomic mass is 16.7. The van der Waals surface area contributed by atoms with E-state index in [1.54, 1.807) is 7.05 Å². The van der Waals surface area contributed by atoms with Crippen LogP contribution in [-0.4, -0.2) is 49.5 Å². The second-order valence-corrected chi connectivity index (χ2v) is 2.91. The first kappa shape index (κ1) is 11.8. The molecule has 0 unspecified atom stereocenters. The minimum atomic E-state index is -0.838. The molecule has 1 aliphatic rings. The van der Waals surface area contributed by atoms with Gasteiger partial charge in [-0.1, -0.05) is 5.92 Å². The van der Waals surface area contributed by atoms with E-state index in [0.717, 1.165) is 0 Å². The van der Waals surface area contributed by atoms with Crippen LogP contribution in [0.3, 0.4) is 0 Å². The van der Waals surface area contributed by atoms with Crippen LogP contribution in [0.5, 0.6) is 0 Å². The summed E-state index contributed by atoms with van der Waals surface area (Å²) in [4.78, 5) is 28.1. The van der Waals surface area contributed by atoms with E-state index in [1.165, 1.54) is 4.90 Å². The Hall–Kier alpha value is -2.23. The third-order valence-electron chi connectivity index (χ3n) is 1.74. The number of carbonyl (C=O) groups excluding carboxylic acids is 2. The van der Waals surface area contributed by atoms with E-state index in [9.17, 15) is 9.59 Å². The van der Waals surface area contributed by atoms with Gasteiger partial charge in [0.25, 0.3) is 0 Å². The summed E-state index contributed by atoms with van der Waals surface area (Å²) in [5.74, 6) is 1.51. The minimum Gasteiger partial charge on any atom is -0.470 e. The summed E-state index contributed by atoms with van der Waals surface area (Å²) in [6.07, 6.45) is 4.08. The van der Waals surface area contributed by atoms with Gasteiger partial charge >= 0.3 is 17.9 Å². The fourth-order valence-corrected chi connectivity index (χ4v) is 0.910. The highest BCUT2D eigenvalue weighted by Crippen LogP contribution is 1.99. The molecule has 1 saturated heterocycles. The highest BCUT2D eigenvalue weighted by Gasteiger charge is 2.24. The first-order valence-corrected chi connectivity index (χ1v) is 4.49. The number of ether oxygens (including phenoxy) is 1. The van der Waals surface area contributed by atoms with Crippen molar-refractivity contribution in [2.45, 2.75) is 0 Å².